The topological polar surface area (TPSA) is 56.4 Å². The lowest BCUT2D eigenvalue weighted by Gasteiger charge is -2.34. The number of benzene rings is 2. The van der Waals surface area contributed by atoms with E-state index in [0.717, 1.165) is 30.7 Å². The van der Waals surface area contributed by atoms with Crippen molar-refractivity contribution in [3.63, 3.8) is 0 Å². The zero-order chi connectivity index (χ0) is 19.0. The first-order valence-electron chi connectivity index (χ1n) is 9.30. The molecule has 4 rings (SSSR count). The maximum atomic E-state index is 12.9. The number of hydrogen-bond acceptors (Lipinski definition) is 3. The number of H-pyrrole nitrogens is 1. The summed E-state index contributed by atoms with van der Waals surface area (Å²) in [5.74, 6) is 0. The third-order valence-corrected chi connectivity index (χ3v) is 7.26. The van der Waals surface area contributed by atoms with E-state index in [1.165, 1.54) is 16.6 Å². The van der Waals surface area contributed by atoms with Gasteiger partial charge in [0.2, 0.25) is 10.0 Å². The van der Waals surface area contributed by atoms with Gasteiger partial charge in [-0.3, -0.25) is 4.90 Å². The third-order valence-electron chi connectivity index (χ3n) is 5.37. The number of rotatable bonds is 4. The predicted octanol–water partition coefficient (Wildman–Crippen LogP) is 3.29. The molecule has 0 spiro atoms. The van der Waals surface area contributed by atoms with E-state index in [1.807, 2.05) is 19.1 Å². The Morgan fingerprint density at radius 1 is 0.963 bits per heavy atom. The van der Waals surface area contributed by atoms with E-state index in [9.17, 15) is 8.42 Å². The molecule has 1 saturated heterocycles. The molecular formula is C21H25N3O2S. The number of para-hydroxylation sites is 1. The molecule has 2 aromatic carbocycles. The average Bonchev–Trinajstić information content (AvgIpc) is 2.98. The van der Waals surface area contributed by atoms with E-state index >= 15 is 0 Å². The second kappa shape index (κ2) is 7.11. The maximum Gasteiger partial charge on any atom is 0.243 e. The van der Waals surface area contributed by atoms with Crippen molar-refractivity contribution in [1.29, 1.82) is 0 Å². The maximum absolute atomic E-state index is 12.9. The molecule has 0 radical (unpaired) electrons. The lowest BCUT2D eigenvalue weighted by atomic mass is 10.1. The Labute approximate surface area is 160 Å². The normalized spacial score (nSPS) is 16.8. The smallest absolute Gasteiger partial charge is 0.243 e. The van der Waals surface area contributed by atoms with Gasteiger partial charge in [0.1, 0.15) is 0 Å². The molecule has 0 atom stereocenters. The molecule has 0 amide bonds. The number of nitrogens with one attached hydrogen (secondary N) is 1. The summed E-state index contributed by atoms with van der Waals surface area (Å²) < 4.78 is 27.4. The number of aromatic nitrogens is 1. The van der Waals surface area contributed by atoms with Gasteiger partial charge >= 0.3 is 0 Å². The van der Waals surface area contributed by atoms with Gasteiger partial charge in [-0.15, -0.1) is 0 Å². The van der Waals surface area contributed by atoms with Gasteiger partial charge in [-0.25, -0.2) is 8.42 Å². The molecule has 1 aliphatic rings. The van der Waals surface area contributed by atoms with Crippen LogP contribution in [0.15, 0.2) is 53.4 Å². The number of piperazine rings is 1. The van der Waals surface area contributed by atoms with Crippen molar-refractivity contribution in [3.8, 4) is 0 Å². The van der Waals surface area contributed by atoms with Crippen LogP contribution in [0.2, 0.25) is 0 Å². The molecule has 27 heavy (non-hydrogen) atoms. The molecule has 0 saturated carbocycles. The number of fused-ring (bicyclic) bond motifs is 1. The van der Waals surface area contributed by atoms with Gasteiger partial charge in [0, 0.05) is 49.3 Å². The van der Waals surface area contributed by atoms with Crippen molar-refractivity contribution in [2.45, 2.75) is 25.3 Å². The SMILES string of the molecule is Cc1cccc(S(=O)(=O)N2CCN(Cc3c(C)[nH]c4ccccc34)CC2)c1. The molecule has 142 valence electrons. The van der Waals surface area contributed by atoms with Crippen molar-refractivity contribution in [3.05, 3.63) is 65.4 Å². The number of aromatic amines is 1. The van der Waals surface area contributed by atoms with E-state index < -0.39 is 10.0 Å². The van der Waals surface area contributed by atoms with Gasteiger partial charge < -0.3 is 4.98 Å². The summed E-state index contributed by atoms with van der Waals surface area (Å²) in [6, 6.07) is 15.5. The fourth-order valence-electron chi connectivity index (χ4n) is 3.81. The van der Waals surface area contributed by atoms with Crippen molar-refractivity contribution >= 4 is 20.9 Å². The molecular weight excluding hydrogens is 358 g/mol. The molecule has 6 heteroatoms. The monoisotopic (exact) mass is 383 g/mol. The highest BCUT2D eigenvalue weighted by molar-refractivity contribution is 7.89. The van der Waals surface area contributed by atoms with Gasteiger partial charge in [0.05, 0.1) is 4.90 Å². The third kappa shape index (κ3) is 3.52. The van der Waals surface area contributed by atoms with Crippen molar-refractivity contribution < 1.29 is 8.42 Å². The largest absolute Gasteiger partial charge is 0.358 e. The molecule has 1 fully saturated rings. The fraction of sp³-hybridized carbons (Fsp3) is 0.333. The summed E-state index contributed by atoms with van der Waals surface area (Å²) in [7, 11) is -3.41. The fourth-order valence-corrected chi connectivity index (χ4v) is 5.34. The Balaban J connectivity index is 1.47. The summed E-state index contributed by atoms with van der Waals surface area (Å²) in [5.41, 5.74) is 4.61. The van der Waals surface area contributed by atoms with E-state index in [4.69, 9.17) is 0 Å². The minimum atomic E-state index is -3.41. The summed E-state index contributed by atoms with van der Waals surface area (Å²) in [6.45, 7) is 7.39. The van der Waals surface area contributed by atoms with Crippen LogP contribution in [-0.2, 0) is 16.6 Å². The van der Waals surface area contributed by atoms with Gasteiger partial charge in [-0.05, 0) is 43.2 Å². The number of sulfonamides is 1. The van der Waals surface area contributed by atoms with Crippen LogP contribution in [0.4, 0.5) is 0 Å². The Bertz CT molecular complexity index is 1060. The van der Waals surface area contributed by atoms with Crippen LogP contribution in [0.5, 0.6) is 0 Å². The molecule has 3 aromatic rings. The predicted molar refractivity (Wildman–Crippen MR) is 108 cm³/mol. The Morgan fingerprint density at radius 3 is 2.44 bits per heavy atom. The molecule has 0 aliphatic carbocycles. The first-order valence-corrected chi connectivity index (χ1v) is 10.7. The highest BCUT2D eigenvalue weighted by Gasteiger charge is 2.28. The quantitative estimate of drug-likeness (QED) is 0.752. The standard InChI is InChI=1S/C21H25N3O2S/c1-16-6-5-7-18(14-16)27(25,26)24-12-10-23(11-13-24)15-20-17(2)22-21-9-4-3-8-19(20)21/h3-9,14,22H,10-13,15H2,1-2H3. The van der Waals surface area contributed by atoms with Crippen LogP contribution >= 0.6 is 0 Å². The molecule has 1 aromatic heterocycles. The van der Waals surface area contributed by atoms with E-state index in [0.29, 0.717) is 18.0 Å². The van der Waals surface area contributed by atoms with Gasteiger partial charge in [0.15, 0.2) is 0 Å². The van der Waals surface area contributed by atoms with E-state index in [1.54, 1.807) is 22.5 Å². The summed E-state index contributed by atoms with van der Waals surface area (Å²) in [6.07, 6.45) is 0. The number of nitrogens with zero attached hydrogens (tertiary/aromatic N) is 2. The van der Waals surface area contributed by atoms with Crippen molar-refractivity contribution in [2.75, 3.05) is 26.2 Å². The van der Waals surface area contributed by atoms with Gasteiger partial charge in [-0.2, -0.15) is 4.31 Å². The van der Waals surface area contributed by atoms with Crippen LogP contribution in [0.1, 0.15) is 16.8 Å². The number of hydrogen-bond donors (Lipinski definition) is 1. The van der Waals surface area contributed by atoms with Crippen molar-refractivity contribution in [1.82, 2.24) is 14.2 Å². The van der Waals surface area contributed by atoms with E-state index in [-0.39, 0.29) is 0 Å². The molecule has 2 heterocycles. The first kappa shape index (κ1) is 18.2. The summed E-state index contributed by atoms with van der Waals surface area (Å²) in [5, 5.41) is 1.25. The summed E-state index contributed by atoms with van der Waals surface area (Å²) >= 11 is 0. The van der Waals surface area contributed by atoms with Crippen molar-refractivity contribution in [2.24, 2.45) is 0 Å². The number of aryl methyl sites for hydroxylation is 2. The van der Waals surface area contributed by atoms with Crippen LogP contribution in [0.3, 0.4) is 0 Å². The Morgan fingerprint density at radius 2 is 1.70 bits per heavy atom. The zero-order valence-corrected chi connectivity index (χ0v) is 16.6. The molecule has 5 nitrogen and oxygen atoms in total. The molecule has 0 unspecified atom stereocenters. The van der Waals surface area contributed by atoms with Crippen LogP contribution in [-0.4, -0.2) is 48.8 Å². The lowest BCUT2D eigenvalue weighted by molar-refractivity contribution is 0.182. The second-order valence-electron chi connectivity index (χ2n) is 7.27. The lowest BCUT2D eigenvalue weighted by Crippen LogP contribution is -2.48. The Kier molecular flexibility index (Phi) is 4.80. The average molecular weight is 384 g/mol. The van der Waals surface area contributed by atoms with Gasteiger partial charge in [-0.1, -0.05) is 30.3 Å². The minimum Gasteiger partial charge on any atom is -0.358 e. The first-order chi connectivity index (χ1) is 12.9. The highest BCUT2D eigenvalue weighted by atomic mass is 32.2. The second-order valence-corrected chi connectivity index (χ2v) is 9.21. The highest BCUT2D eigenvalue weighted by Crippen LogP contribution is 2.25. The van der Waals surface area contributed by atoms with Crippen LogP contribution < -0.4 is 0 Å². The summed E-state index contributed by atoms with van der Waals surface area (Å²) in [4.78, 5) is 6.17. The van der Waals surface area contributed by atoms with Crippen LogP contribution in [0.25, 0.3) is 10.9 Å². The molecule has 1 aliphatic heterocycles. The molecule has 0 bridgehead atoms. The zero-order valence-electron chi connectivity index (χ0n) is 15.8. The van der Waals surface area contributed by atoms with Crippen LogP contribution in [0, 0.1) is 13.8 Å². The molecule has 1 N–H and O–H groups in total. The van der Waals surface area contributed by atoms with E-state index in [2.05, 4.69) is 35.0 Å². The Hall–Kier alpha value is -2.15. The van der Waals surface area contributed by atoms with Gasteiger partial charge in [0.25, 0.3) is 0 Å². The minimum absolute atomic E-state index is 0.392.